The molecule has 2 atom stereocenters. The Balaban J connectivity index is 1.40. The van der Waals surface area contributed by atoms with Crippen molar-refractivity contribution in [2.45, 2.75) is 38.1 Å². The van der Waals surface area contributed by atoms with Crippen molar-refractivity contribution in [1.29, 1.82) is 0 Å². The predicted molar refractivity (Wildman–Crippen MR) is 108 cm³/mol. The van der Waals surface area contributed by atoms with E-state index in [4.69, 9.17) is 4.42 Å². The van der Waals surface area contributed by atoms with Crippen molar-refractivity contribution in [2.24, 2.45) is 0 Å². The van der Waals surface area contributed by atoms with Crippen molar-refractivity contribution >= 4 is 5.91 Å². The Labute approximate surface area is 170 Å². The zero-order valence-electron chi connectivity index (χ0n) is 16.5. The molecule has 0 saturated heterocycles. The van der Waals surface area contributed by atoms with Gasteiger partial charge in [0.25, 0.3) is 5.91 Å². The Kier molecular flexibility index (Phi) is 5.39. The van der Waals surface area contributed by atoms with Crippen LogP contribution in [0.1, 0.15) is 58.4 Å². The number of amides is 1. The van der Waals surface area contributed by atoms with Gasteiger partial charge in [-0.3, -0.25) is 9.78 Å². The Bertz CT molecular complexity index is 1050. The fourth-order valence-corrected chi connectivity index (χ4v) is 3.66. The second-order valence-corrected chi connectivity index (χ2v) is 7.30. The Morgan fingerprint density at radius 2 is 1.72 bits per heavy atom. The highest BCUT2D eigenvalue weighted by Gasteiger charge is 2.33. The average Bonchev–Trinajstić information content (AvgIpc) is 3.41. The molecule has 2 aromatic heterocycles. The van der Waals surface area contributed by atoms with Crippen molar-refractivity contribution in [1.82, 2.24) is 20.1 Å². The quantitative estimate of drug-likeness (QED) is 0.644. The summed E-state index contributed by atoms with van der Waals surface area (Å²) in [5.74, 6) is 7.72. The van der Waals surface area contributed by atoms with Gasteiger partial charge in [0.2, 0.25) is 11.8 Å². The maximum absolute atomic E-state index is 12.9. The molecule has 0 radical (unpaired) electrons. The van der Waals surface area contributed by atoms with Crippen LogP contribution in [0.3, 0.4) is 0 Å². The maximum Gasteiger partial charge on any atom is 0.253 e. The smallest absolute Gasteiger partial charge is 0.253 e. The number of rotatable bonds is 3. The van der Waals surface area contributed by atoms with Crippen LogP contribution in [0.5, 0.6) is 0 Å². The minimum atomic E-state index is 0.0194. The zero-order chi connectivity index (χ0) is 20.2. The molecule has 1 aliphatic rings. The number of nitrogens with zero attached hydrogens (tertiary/aromatic N) is 4. The van der Waals surface area contributed by atoms with E-state index in [9.17, 15) is 4.79 Å². The molecule has 6 nitrogen and oxygen atoms in total. The molecule has 2 heterocycles. The van der Waals surface area contributed by atoms with Gasteiger partial charge in [0.1, 0.15) is 0 Å². The lowest BCUT2D eigenvalue weighted by Gasteiger charge is -2.24. The highest BCUT2D eigenvalue weighted by Crippen LogP contribution is 2.36. The first-order valence-electron chi connectivity index (χ1n) is 9.69. The van der Waals surface area contributed by atoms with E-state index in [0.717, 1.165) is 30.4 Å². The first-order valence-corrected chi connectivity index (χ1v) is 9.69. The molecule has 1 saturated carbocycles. The normalized spacial score (nSPS) is 18.1. The SMILES string of the molecule is Cc1nnc(C2CCC(N(C)C(=O)c3ccc(C#Cc4ccncc4)cc3)C2)o1. The molecule has 0 bridgehead atoms. The fraction of sp³-hybridized carbons (Fsp3) is 0.304. The lowest BCUT2D eigenvalue weighted by Crippen LogP contribution is -2.35. The number of carbonyl (C=O) groups is 1. The van der Waals surface area contributed by atoms with Crippen LogP contribution in [0.15, 0.2) is 53.2 Å². The van der Waals surface area contributed by atoms with Crippen LogP contribution in [-0.4, -0.2) is 39.1 Å². The van der Waals surface area contributed by atoms with E-state index in [0.29, 0.717) is 17.3 Å². The molecule has 1 fully saturated rings. The summed E-state index contributed by atoms with van der Waals surface area (Å²) < 4.78 is 5.57. The Morgan fingerprint density at radius 3 is 2.38 bits per heavy atom. The molecule has 3 aromatic rings. The number of carbonyl (C=O) groups excluding carboxylic acids is 1. The van der Waals surface area contributed by atoms with Gasteiger partial charge in [-0.1, -0.05) is 11.8 Å². The third-order valence-electron chi connectivity index (χ3n) is 5.33. The van der Waals surface area contributed by atoms with Crippen LogP contribution in [0.4, 0.5) is 0 Å². The molecule has 1 aliphatic carbocycles. The van der Waals surface area contributed by atoms with Gasteiger partial charge in [0.05, 0.1) is 0 Å². The van der Waals surface area contributed by atoms with Gasteiger partial charge < -0.3 is 9.32 Å². The van der Waals surface area contributed by atoms with Gasteiger partial charge in [-0.2, -0.15) is 0 Å². The van der Waals surface area contributed by atoms with Gasteiger partial charge in [0, 0.05) is 55.0 Å². The summed E-state index contributed by atoms with van der Waals surface area (Å²) in [6.45, 7) is 1.80. The summed E-state index contributed by atoms with van der Waals surface area (Å²) in [4.78, 5) is 18.7. The Morgan fingerprint density at radius 1 is 1.03 bits per heavy atom. The Hall–Kier alpha value is -3.46. The molecular weight excluding hydrogens is 364 g/mol. The van der Waals surface area contributed by atoms with E-state index in [2.05, 4.69) is 27.0 Å². The monoisotopic (exact) mass is 386 g/mol. The predicted octanol–water partition coefficient (Wildman–Crippen LogP) is 3.58. The largest absolute Gasteiger partial charge is 0.425 e. The lowest BCUT2D eigenvalue weighted by molar-refractivity contribution is 0.0733. The molecule has 0 spiro atoms. The van der Waals surface area contributed by atoms with Gasteiger partial charge in [-0.05, 0) is 55.7 Å². The second kappa shape index (κ2) is 8.27. The summed E-state index contributed by atoms with van der Waals surface area (Å²) >= 11 is 0. The van der Waals surface area contributed by atoms with Crippen LogP contribution in [-0.2, 0) is 0 Å². The standard InChI is InChI=1S/C23H22N4O2/c1-16-25-26-22(29-16)20-9-10-21(15-20)27(2)23(28)19-7-5-17(6-8-19)3-4-18-11-13-24-14-12-18/h5-8,11-14,20-21H,9-10,15H2,1-2H3. The van der Waals surface area contributed by atoms with Crippen molar-refractivity contribution in [3.05, 3.63) is 77.3 Å². The van der Waals surface area contributed by atoms with E-state index in [-0.39, 0.29) is 17.9 Å². The van der Waals surface area contributed by atoms with Crippen molar-refractivity contribution in [3.8, 4) is 11.8 Å². The van der Waals surface area contributed by atoms with Gasteiger partial charge in [0.15, 0.2) is 0 Å². The fourth-order valence-electron chi connectivity index (χ4n) is 3.66. The van der Waals surface area contributed by atoms with Crippen molar-refractivity contribution in [2.75, 3.05) is 7.05 Å². The maximum atomic E-state index is 12.9. The molecule has 0 N–H and O–H groups in total. The van der Waals surface area contributed by atoms with Crippen LogP contribution in [0.25, 0.3) is 0 Å². The first kappa shape index (κ1) is 18.9. The first-order chi connectivity index (χ1) is 14.1. The molecule has 6 heteroatoms. The molecule has 2 unspecified atom stereocenters. The molecule has 1 aromatic carbocycles. The van der Waals surface area contributed by atoms with Gasteiger partial charge in [-0.25, -0.2) is 0 Å². The van der Waals surface area contributed by atoms with E-state index in [1.165, 1.54) is 0 Å². The molecule has 1 amide bonds. The third kappa shape index (κ3) is 4.35. The highest BCUT2D eigenvalue weighted by atomic mass is 16.4. The lowest BCUT2D eigenvalue weighted by atomic mass is 10.1. The summed E-state index contributed by atoms with van der Waals surface area (Å²) in [6.07, 6.45) is 6.17. The third-order valence-corrected chi connectivity index (χ3v) is 5.33. The van der Waals surface area contributed by atoms with Crippen LogP contribution < -0.4 is 0 Å². The average molecular weight is 386 g/mol. The van der Waals surface area contributed by atoms with E-state index in [1.807, 2.05) is 48.3 Å². The van der Waals surface area contributed by atoms with Crippen LogP contribution >= 0.6 is 0 Å². The van der Waals surface area contributed by atoms with Gasteiger partial charge in [-0.15, -0.1) is 10.2 Å². The second-order valence-electron chi connectivity index (χ2n) is 7.30. The minimum absolute atomic E-state index is 0.0194. The van der Waals surface area contributed by atoms with Crippen molar-refractivity contribution < 1.29 is 9.21 Å². The number of hydrogen-bond acceptors (Lipinski definition) is 5. The number of aryl methyl sites for hydroxylation is 1. The summed E-state index contributed by atoms with van der Waals surface area (Å²) in [6, 6.07) is 11.3. The molecule has 29 heavy (non-hydrogen) atoms. The molecule has 146 valence electrons. The summed E-state index contributed by atoms with van der Waals surface area (Å²) in [5.41, 5.74) is 2.44. The van der Waals surface area contributed by atoms with E-state index < -0.39 is 0 Å². The number of benzene rings is 1. The molecule has 4 rings (SSSR count). The van der Waals surface area contributed by atoms with Crippen LogP contribution in [0, 0.1) is 18.8 Å². The number of aromatic nitrogens is 3. The van der Waals surface area contributed by atoms with Crippen molar-refractivity contribution in [3.63, 3.8) is 0 Å². The topological polar surface area (TPSA) is 72.1 Å². The van der Waals surface area contributed by atoms with Gasteiger partial charge >= 0.3 is 0 Å². The highest BCUT2D eigenvalue weighted by molar-refractivity contribution is 5.94. The number of pyridine rings is 1. The molecular formula is C23H22N4O2. The number of hydrogen-bond donors (Lipinski definition) is 0. The summed E-state index contributed by atoms with van der Waals surface area (Å²) in [7, 11) is 1.87. The molecule has 0 aliphatic heterocycles. The minimum Gasteiger partial charge on any atom is -0.425 e. The van der Waals surface area contributed by atoms with E-state index >= 15 is 0 Å². The van der Waals surface area contributed by atoms with Crippen LogP contribution in [0.2, 0.25) is 0 Å². The summed E-state index contributed by atoms with van der Waals surface area (Å²) in [5, 5.41) is 8.05. The zero-order valence-corrected chi connectivity index (χ0v) is 16.5. The van der Waals surface area contributed by atoms with E-state index in [1.54, 1.807) is 19.3 Å².